The number of hydrogen-bond donors (Lipinski definition) is 0. The van der Waals surface area contributed by atoms with E-state index in [9.17, 15) is 10.1 Å². The van der Waals surface area contributed by atoms with Gasteiger partial charge < -0.3 is 0 Å². The highest BCUT2D eigenvalue weighted by atomic mass is 16.6. The van der Waals surface area contributed by atoms with Crippen molar-refractivity contribution in [1.82, 2.24) is 10.2 Å². The van der Waals surface area contributed by atoms with Gasteiger partial charge in [0.2, 0.25) is 0 Å². The fraction of sp³-hybridized carbons (Fsp3) is 0. The predicted molar refractivity (Wildman–Crippen MR) is 81.4 cm³/mol. The summed E-state index contributed by atoms with van der Waals surface area (Å²) in [6, 6.07) is 0.901. The van der Waals surface area contributed by atoms with E-state index in [0.717, 1.165) is 6.07 Å². The minimum atomic E-state index is -0.926. The molecule has 0 spiro atoms. The van der Waals surface area contributed by atoms with Gasteiger partial charge in [0.05, 0.1) is 10.3 Å². The second kappa shape index (κ2) is 6.97. The lowest BCUT2D eigenvalue weighted by atomic mass is 10.1. The zero-order valence-corrected chi connectivity index (χ0v) is 11.6. The Morgan fingerprint density at radius 1 is 0.840 bits per heavy atom. The first kappa shape index (κ1) is 16.6. The topological polar surface area (TPSA) is 264 Å². The van der Waals surface area contributed by atoms with Crippen molar-refractivity contribution in [1.29, 1.82) is 0 Å². The Morgan fingerprint density at radius 3 is 1.80 bits per heavy atom. The smallest absolute Gasteiger partial charge is 0.258 e. The van der Waals surface area contributed by atoms with Gasteiger partial charge in [-0.25, -0.2) is 0 Å². The van der Waals surface area contributed by atoms with Gasteiger partial charge >= 0.3 is 0 Å². The van der Waals surface area contributed by atoms with E-state index >= 15 is 0 Å². The summed E-state index contributed by atoms with van der Waals surface area (Å²) in [4.78, 5) is 20.5. The fourth-order valence-electron chi connectivity index (χ4n) is 1.94. The van der Waals surface area contributed by atoms with Gasteiger partial charge in [0, 0.05) is 30.7 Å². The molecular weight excluding hydrogens is 338 g/mol. The molecule has 0 atom stereocenters. The van der Waals surface area contributed by atoms with Crippen molar-refractivity contribution < 1.29 is 4.92 Å². The Morgan fingerprint density at radius 2 is 1.32 bits per heavy atom. The molecule has 120 valence electrons. The Labute approximate surface area is 134 Å². The van der Waals surface area contributed by atoms with Crippen molar-refractivity contribution in [3.05, 3.63) is 58.0 Å². The summed E-state index contributed by atoms with van der Waals surface area (Å²) in [7, 11) is 0. The molecule has 0 N–H and O–H groups in total. The van der Waals surface area contributed by atoms with E-state index < -0.39 is 33.3 Å². The molecule has 0 fully saturated rings. The molecule has 0 unspecified atom stereocenters. The van der Waals surface area contributed by atoms with Crippen LogP contribution in [0.4, 0.5) is 28.7 Å². The van der Waals surface area contributed by atoms with Gasteiger partial charge in [-0.05, 0) is 38.4 Å². The van der Waals surface area contributed by atoms with Crippen molar-refractivity contribution in [2.45, 2.75) is 0 Å². The van der Waals surface area contributed by atoms with Crippen LogP contribution in [0.1, 0.15) is 0 Å². The molecule has 0 aliphatic heterocycles. The van der Waals surface area contributed by atoms with Crippen LogP contribution in [-0.2, 0) is 0 Å². The molecule has 25 heavy (non-hydrogen) atoms. The monoisotopic (exact) mass is 339 g/mol. The fourth-order valence-corrected chi connectivity index (χ4v) is 1.94. The lowest BCUT2D eigenvalue weighted by molar-refractivity contribution is -0.382. The average Bonchev–Trinajstić information content (AvgIpc) is 2.57. The van der Waals surface area contributed by atoms with Gasteiger partial charge in [0.15, 0.2) is 11.6 Å². The first-order valence-corrected chi connectivity index (χ1v) is 5.81. The number of benzene rings is 1. The first-order chi connectivity index (χ1) is 12.1. The van der Waals surface area contributed by atoms with Gasteiger partial charge in [-0.3, -0.25) is 10.1 Å². The molecule has 0 saturated carbocycles. The van der Waals surface area contributed by atoms with Crippen LogP contribution in [0.15, 0.2) is 26.5 Å². The third kappa shape index (κ3) is 2.91. The summed E-state index contributed by atoms with van der Waals surface area (Å²) in [6.07, 6.45) is 0. The summed E-state index contributed by atoms with van der Waals surface area (Å²) in [5, 5.41) is 30.5. The van der Waals surface area contributed by atoms with Gasteiger partial charge in [0.1, 0.15) is 5.69 Å². The second-order valence-corrected chi connectivity index (χ2v) is 3.88. The van der Waals surface area contributed by atoms with Crippen LogP contribution < -0.4 is 0 Å². The van der Waals surface area contributed by atoms with Crippen LogP contribution >= 0.6 is 0 Å². The number of fused-ring (bicyclic) bond motifs is 1. The number of hydrogen-bond acceptors (Lipinski definition) is 8. The molecule has 2 aromatic rings. The highest BCUT2D eigenvalue weighted by Crippen LogP contribution is 2.47. The zero-order valence-electron chi connectivity index (χ0n) is 11.6. The highest BCUT2D eigenvalue weighted by Gasteiger charge is 2.26. The largest absolute Gasteiger partial charge is 0.288 e. The lowest BCUT2D eigenvalue weighted by Crippen LogP contribution is -1.94. The molecular formula is C8HN15O2. The van der Waals surface area contributed by atoms with Gasteiger partial charge in [-0.1, -0.05) is 10.2 Å². The standard InChI is InChI=1S/C8HN15O2/c9-19-13-2-1-3(14-20-10)6(23(24)25)5-4(2)7(17-21-11)15-16-8(5)18-22-12/h1H. The number of rotatable bonds is 5. The first-order valence-electron chi connectivity index (χ1n) is 5.81. The Hall–Kier alpha value is -4.80. The molecule has 0 radical (unpaired) electrons. The van der Waals surface area contributed by atoms with E-state index in [-0.39, 0.29) is 11.1 Å². The SMILES string of the molecule is [N-]=[N+]=Nc1cc(N=[N+]=[N-])c2c(N=[N+]=[N-])nnc(N=[N+]=[N-])c2c1[N+](=O)[O-]. The van der Waals surface area contributed by atoms with E-state index in [1.54, 1.807) is 0 Å². The quantitative estimate of drug-likeness (QED) is 0.230. The van der Waals surface area contributed by atoms with Crippen LogP contribution in [0.25, 0.3) is 52.5 Å². The summed E-state index contributed by atoms with van der Waals surface area (Å²) >= 11 is 0. The maximum atomic E-state index is 11.4. The number of aromatic nitrogens is 2. The molecule has 0 aliphatic rings. The van der Waals surface area contributed by atoms with Crippen LogP contribution in [0, 0.1) is 10.1 Å². The van der Waals surface area contributed by atoms with E-state index in [1.807, 2.05) is 0 Å². The van der Waals surface area contributed by atoms with Crippen LogP contribution in [0.5, 0.6) is 0 Å². The molecule has 1 heterocycles. The summed E-state index contributed by atoms with van der Waals surface area (Å²) < 4.78 is 0. The van der Waals surface area contributed by atoms with Crippen LogP contribution in [-0.4, -0.2) is 15.1 Å². The molecule has 1 aromatic heterocycles. The van der Waals surface area contributed by atoms with Gasteiger partial charge in [-0.15, -0.1) is 10.2 Å². The van der Waals surface area contributed by atoms with Crippen molar-refractivity contribution >= 4 is 39.5 Å². The third-order valence-electron chi connectivity index (χ3n) is 2.71. The van der Waals surface area contributed by atoms with Crippen LogP contribution in [0.3, 0.4) is 0 Å². The van der Waals surface area contributed by atoms with E-state index in [0.29, 0.717) is 0 Å². The maximum Gasteiger partial charge on any atom is 0.288 e. The molecule has 0 bridgehead atoms. The molecule has 17 nitrogen and oxygen atoms in total. The van der Waals surface area contributed by atoms with Gasteiger partial charge in [0.25, 0.3) is 5.69 Å². The number of nitro groups is 1. The number of azide groups is 4. The molecule has 17 heteroatoms. The van der Waals surface area contributed by atoms with Crippen LogP contribution in [0.2, 0.25) is 0 Å². The molecule has 0 amide bonds. The Bertz CT molecular complexity index is 1090. The highest BCUT2D eigenvalue weighted by molar-refractivity contribution is 6.11. The van der Waals surface area contributed by atoms with Crippen molar-refractivity contribution in [2.24, 2.45) is 20.5 Å². The predicted octanol–water partition coefficient (Wildman–Crippen LogP) is 5.31. The zero-order chi connectivity index (χ0) is 18.4. The lowest BCUT2D eigenvalue weighted by Gasteiger charge is -2.08. The van der Waals surface area contributed by atoms with E-state index in [4.69, 9.17) is 22.1 Å². The molecule has 0 aliphatic carbocycles. The number of nitro benzene ring substituents is 1. The molecule has 1 aromatic carbocycles. The van der Waals surface area contributed by atoms with E-state index in [2.05, 4.69) is 50.3 Å². The Kier molecular flexibility index (Phi) is 4.62. The Balaban J connectivity index is 3.31. The van der Waals surface area contributed by atoms with Crippen molar-refractivity contribution in [2.75, 3.05) is 0 Å². The van der Waals surface area contributed by atoms with Crippen molar-refractivity contribution in [3.8, 4) is 0 Å². The third-order valence-corrected chi connectivity index (χ3v) is 2.71. The van der Waals surface area contributed by atoms with Gasteiger partial charge in [-0.2, -0.15) is 0 Å². The maximum absolute atomic E-state index is 11.4. The summed E-state index contributed by atoms with van der Waals surface area (Å²) in [5.41, 5.74) is 32.8. The summed E-state index contributed by atoms with van der Waals surface area (Å²) in [5.74, 6) is -1.03. The second-order valence-electron chi connectivity index (χ2n) is 3.88. The minimum Gasteiger partial charge on any atom is -0.258 e. The summed E-state index contributed by atoms with van der Waals surface area (Å²) in [6.45, 7) is 0. The van der Waals surface area contributed by atoms with E-state index in [1.165, 1.54) is 0 Å². The van der Waals surface area contributed by atoms with Crippen molar-refractivity contribution in [3.63, 3.8) is 0 Å². The normalized spacial score (nSPS) is 9.12. The number of nitrogens with zero attached hydrogens (tertiary/aromatic N) is 15. The average molecular weight is 339 g/mol. The molecule has 2 rings (SSSR count). The molecule has 0 saturated heterocycles. The minimum absolute atomic E-state index is 0.295.